The number of aromatic nitrogens is 2. The minimum Gasteiger partial charge on any atom is -0.307 e. The Balaban J connectivity index is 1.53. The molecular weight excluding hydrogens is 382 g/mol. The van der Waals surface area contributed by atoms with Gasteiger partial charge in [-0.15, -0.1) is 11.3 Å². The van der Waals surface area contributed by atoms with Crippen molar-refractivity contribution >= 4 is 33.1 Å². The number of anilines is 1. The van der Waals surface area contributed by atoms with E-state index in [4.69, 9.17) is 0 Å². The van der Waals surface area contributed by atoms with Crippen LogP contribution >= 0.6 is 11.3 Å². The molecule has 0 saturated heterocycles. The molecule has 144 valence electrons. The maximum atomic E-state index is 13.2. The first-order chi connectivity index (χ1) is 14.1. The fourth-order valence-corrected chi connectivity index (χ4v) is 4.98. The molecule has 0 radical (unpaired) electrons. The van der Waals surface area contributed by atoms with Crippen LogP contribution in [0, 0.1) is 0 Å². The summed E-state index contributed by atoms with van der Waals surface area (Å²) >= 11 is 1.45. The molecule has 1 atom stereocenters. The normalized spacial score (nSPS) is 15.6. The van der Waals surface area contributed by atoms with Gasteiger partial charge in [0.2, 0.25) is 5.91 Å². The van der Waals surface area contributed by atoms with Crippen molar-refractivity contribution in [2.45, 2.75) is 25.9 Å². The first-order valence-electron chi connectivity index (χ1n) is 9.55. The van der Waals surface area contributed by atoms with E-state index in [1.807, 2.05) is 60.8 Å². The van der Waals surface area contributed by atoms with Crippen LogP contribution < -0.4 is 10.5 Å². The Morgan fingerprint density at radius 1 is 1.14 bits per heavy atom. The van der Waals surface area contributed by atoms with Gasteiger partial charge in [0.15, 0.2) is 0 Å². The maximum Gasteiger partial charge on any atom is 0.263 e. The van der Waals surface area contributed by atoms with Crippen LogP contribution in [0.1, 0.15) is 12.5 Å². The molecule has 0 spiro atoms. The quantitative estimate of drug-likeness (QED) is 0.519. The summed E-state index contributed by atoms with van der Waals surface area (Å²) < 4.78 is 1.43. The second-order valence-corrected chi connectivity index (χ2v) is 8.18. The van der Waals surface area contributed by atoms with Crippen LogP contribution in [0.2, 0.25) is 0 Å². The number of carbonyl (C=O) groups is 1. The molecule has 6 heteroatoms. The van der Waals surface area contributed by atoms with E-state index in [0.717, 1.165) is 23.2 Å². The van der Waals surface area contributed by atoms with E-state index in [2.05, 4.69) is 11.1 Å². The second kappa shape index (κ2) is 6.97. The van der Waals surface area contributed by atoms with Crippen molar-refractivity contribution in [3.63, 3.8) is 0 Å². The standard InChI is InChI=1S/C23H19N3O2S/c1-15-11-17-9-5-6-10-19(17)26(15)20(27)12-25-14-24-22-21(23(25)28)18(13-29-22)16-7-3-2-4-8-16/h2-10,13-15H,11-12H2,1H3/t15-/m0/s1. The number of nitrogens with zero attached hydrogens (tertiary/aromatic N) is 3. The molecule has 2 aromatic carbocycles. The maximum absolute atomic E-state index is 13.2. The summed E-state index contributed by atoms with van der Waals surface area (Å²) in [7, 11) is 0. The van der Waals surface area contributed by atoms with E-state index in [1.54, 1.807) is 4.90 Å². The van der Waals surface area contributed by atoms with Gasteiger partial charge in [0.25, 0.3) is 5.56 Å². The summed E-state index contributed by atoms with van der Waals surface area (Å²) in [5.41, 5.74) is 3.77. The summed E-state index contributed by atoms with van der Waals surface area (Å²) in [6, 6.07) is 17.8. The molecule has 1 amide bonds. The zero-order valence-corrected chi connectivity index (χ0v) is 16.7. The largest absolute Gasteiger partial charge is 0.307 e. The predicted octanol–water partition coefficient (Wildman–Crippen LogP) is 4.10. The lowest BCUT2D eigenvalue weighted by molar-refractivity contribution is -0.119. The number of fused-ring (bicyclic) bond motifs is 2. The third-order valence-corrected chi connectivity index (χ3v) is 6.31. The summed E-state index contributed by atoms with van der Waals surface area (Å²) in [5, 5.41) is 2.53. The number of amides is 1. The molecule has 1 aliphatic heterocycles. The smallest absolute Gasteiger partial charge is 0.263 e. The number of rotatable bonds is 3. The van der Waals surface area contributed by atoms with Gasteiger partial charge in [-0.3, -0.25) is 14.2 Å². The van der Waals surface area contributed by atoms with Gasteiger partial charge in [-0.25, -0.2) is 4.98 Å². The first-order valence-corrected chi connectivity index (χ1v) is 10.4. The predicted molar refractivity (Wildman–Crippen MR) is 116 cm³/mol. The molecule has 0 fully saturated rings. The average molecular weight is 401 g/mol. The lowest BCUT2D eigenvalue weighted by Gasteiger charge is -2.23. The number of carbonyl (C=O) groups excluding carboxylic acids is 1. The topological polar surface area (TPSA) is 55.2 Å². The van der Waals surface area contributed by atoms with Gasteiger partial charge in [0.05, 0.1) is 11.7 Å². The van der Waals surface area contributed by atoms with Crippen molar-refractivity contribution in [2.24, 2.45) is 0 Å². The fraction of sp³-hybridized carbons (Fsp3) is 0.174. The number of hydrogen-bond donors (Lipinski definition) is 0. The summed E-state index contributed by atoms with van der Waals surface area (Å²) in [6.45, 7) is 2.01. The zero-order chi connectivity index (χ0) is 20.0. The van der Waals surface area contributed by atoms with Crippen molar-refractivity contribution < 1.29 is 4.79 Å². The highest BCUT2D eigenvalue weighted by molar-refractivity contribution is 7.17. The summed E-state index contributed by atoms with van der Waals surface area (Å²) in [5.74, 6) is -0.0952. The fourth-order valence-electron chi connectivity index (χ4n) is 4.08. The van der Waals surface area contributed by atoms with E-state index in [9.17, 15) is 9.59 Å². The Morgan fingerprint density at radius 2 is 1.90 bits per heavy atom. The highest BCUT2D eigenvalue weighted by Gasteiger charge is 2.30. The van der Waals surface area contributed by atoms with E-state index in [-0.39, 0.29) is 24.1 Å². The van der Waals surface area contributed by atoms with E-state index >= 15 is 0 Å². The molecule has 5 nitrogen and oxygen atoms in total. The molecule has 29 heavy (non-hydrogen) atoms. The van der Waals surface area contributed by atoms with Crippen molar-refractivity contribution in [1.82, 2.24) is 9.55 Å². The molecule has 3 heterocycles. The Morgan fingerprint density at radius 3 is 2.72 bits per heavy atom. The van der Waals surface area contributed by atoms with Crippen LogP contribution in [-0.4, -0.2) is 21.5 Å². The van der Waals surface area contributed by atoms with Crippen LogP contribution in [0.4, 0.5) is 5.69 Å². The van der Waals surface area contributed by atoms with E-state index < -0.39 is 0 Å². The molecule has 4 aromatic rings. The van der Waals surface area contributed by atoms with Gasteiger partial charge < -0.3 is 4.90 Å². The molecule has 0 aliphatic carbocycles. The van der Waals surface area contributed by atoms with Crippen LogP contribution in [0.15, 0.2) is 71.1 Å². The second-order valence-electron chi connectivity index (χ2n) is 7.32. The van der Waals surface area contributed by atoms with Crippen LogP contribution in [0.25, 0.3) is 21.3 Å². The molecule has 5 rings (SSSR count). The Labute approximate surface area is 171 Å². The van der Waals surface area contributed by atoms with Gasteiger partial charge in [-0.05, 0) is 30.5 Å². The highest BCUT2D eigenvalue weighted by atomic mass is 32.1. The number of thiophene rings is 1. The molecule has 0 saturated carbocycles. The van der Waals surface area contributed by atoms with Crippen molar-refractivity contribution in [3.05, 3.63) is 82.2 Å². The third-order valence-electron chi connectivity index (χ3n) is 5.43. The Bertz CT molecular complexity index is 1280. The first kappa shape index (κ1) is 17.8. The van der Waals surface area contributed by atoms with Gasteiger partial charge in [-0.1, -0.05) is 48.5 Å². The molecule has 1 aliphatic rings. The SMILES string of the molecule is C[C@H]1Cc2ccccc2N1C(=O)Cn1cnc2scc(-c3ccccc3)c2c1=O. The Hall–Kier alpha value is -3.25. The van der Waals surface area contributed by atoms with Crippen molar-refractivity contribution in [1.29, 1.82) is 0 Å². The van der Waals surface area contributed by atoms with Crippen LogP contribution in [-0.2, 0) is 17.8 Å². The lowest BCUT2D eigenvalue weighted by atomic mass is 10.1. The van der Waals surface area contributed by atoms with E-state index in [0.29, 0.717) is 10.2 Å². The highest BCUT2D eigenvalue weighted by Crippen LogP contribution is 2.32. The molecule has 2 aromatic heterocycles. The minimum absolute atomic E-state index is 0.0233. The van der Waals surface area contributed by atoms with Gasteiger partial charge in [-0.2, -0.15) is 0 Å². The lowest BCUT2D eigenvalue weighted by Crippen LogP contribution is -2.40. The summed E-state index contributed by atoms with van der Waals surface area (Å²) in [6.07, 6.45) is 2.32. The summed E-state index contributed by atoms with van der Waals surface area (Å²) in [4.78, 5) is 33.3. The molecular formula is C23H19N3O2S. The molecule has 0 unspecified atom stereocenters. The monoisotopic (exact) mass is 401 g/mol. The molecule has 0 N–H and O–H groups in total. The minimum atomic E-state index is -0.177. The van der Waals surface area contributed by atoms with Crippen molar-refractivity contribution in [2.75, 3.05) is 4.90 Å². The Kier molecular flexibility index (Phi) is 4.28. The van der Waals surface area contributed by atoms with Gasteiger partial charge in [0, 0.05) is 22.7 Å². The third kappa shape index (κ3) is 2.96. The number of hydrogen-bond acceptors (Lipinski definition) is 4. The van der Waals surface area contributed by atoms with Crippen molar-refractivity contribution in [3.8, 4) is 11.1 Å². The van der Waals surface area contributed by atoms with Gasteiger partial charge >= 0.3 is 0 Å². The number of benzene rings is 2. The number of para-hydroxylation sites is 1. The van der Waals surface area contributed by atoms with Crippen LogP contribution in [0.5, 0.6) is 0 Å². The van der Waals surface area contributed by atoms with Gasteiger partial charge in [0.1, 0.15) is 11.4 Å². The average Bonchev–Trinajstić information content (AvgIpc) is 3.31. The van der Waals surface area contributed by atoms with E-state index in [1.165, 1.54) is 27.8 Å². The van der Waals surface area contributed by atoms with Crippen LogP contribution in [0.3, 0.4) is 0 Å². The zero-order valence-electron chi connectivity index (χ0n) is 15.9. The molecule has 0 bridgehead atoms.